The lowest BCUT2D eigenvalue weighted by Crippen LogP contribution is -2.22. The summed E-state index contributed by atoms with van der Waals surface area (Å²) >= 11 is 0. The maximum Gasteiger partial charge on any atom is 0.211 e. The van der Waals surface area contributed by atoms with Crippen molar-refractivity contribution < 1.29 is 14.3 Å². The monoisotopic (exact) mass is 349 g/mol. The fraction of sp³-hybridized carbons (Fsp3) is 0.273. The van der Waals surface area contributed by atoms with Gasteiger partial charge in [-0.2, -0.15) is 0 Å². The molecule has 0 bridgehead atoms. The molecule has 1 aliphatic heterocycles. The SMILES string of the molecule is C=C(C)CCOc1cc2c(cc1OC)C(C(=O)c1ccccc1)=NCC2. The van der Waals surface area contributed by atoms with Gasteiger partial charge in [-0.15, -0.1) is 6.58 Å². The molecule has 0 saturated carbocycles. The van der Waals surface area contributed by atoms with Gasteiger partial charge in [-0.05, 0) is 31.0 Å². The van der Waals surface area contributed by atoms with Crippen LogP contribution in [0.25, 0.3) is 0 Å². The summed E-state index contributed by atoms with van der Waals surface area (Å²) in [5, 5.41) is 0. The van der Waals surface area contributed by atoms with Crippen LogP contribution in [-0.4, -0.2) is 31.8 Å². The standard InChI is InChI=1S/C22H23NO3/c1-15(2)10-12-26-20-13-17-9-11-23-21(18(17)14-19(20)25-3)22(24)16-7-5-4-6-8-16/h4-8,13-14H,1,9-12H2,2-3H3. The van der Waals surface area contributed by atoms with Crippen LogP contribution < -0.4 is 9.47 Å². The Balaban J connectivity index is 1.92. The second-order valence-corrected chi connectivity index (χ2v) is 6.39. The van der Waals surface area contributed by atoms with E-state index in [1.807, 2.05) is 49.4 Å². The lowest BCUT2D eigenvalue weighted by molar-refractivity contribution is 0.106. The van der Waals surface area contributed by atoms with Gasteiger partial charge in [0.1, 0.15) is 5.71 Å². The summed E-state index contributed by atoms with van der Waals surface area (Å²) in [6.07, 6.45) is 1.57. The van der Waals surface area contributed by atoms with E-state index in [0.29, 0.717) is 35.9 Å². The number of rotatable bonds is 7. The third kappa shape index (κ3) is 3.85. The quantitative estimate of drug-likeness (QED) is 0.554. The van der Waals surface area contributed by atoms with E-state index in [1.54, 1.807) is 7.11 Å². The van der Waals surface area contributed by atoms with Crippen molar-refractivity contribution in [1.82, 2.24) is 0 Å². The molecule has 0 radical (unpaired) electrons. The summed E-state index contributed by atoms with van der Waals surface area (Å²) in [6, 6.07) is 13.1. The molecular formula is C22H23NO3. The minimum Gasteiger partial charge on any atom is -0.493 e. The molecular weight excluding hydrogens is 326 g/mol. The number of Topliss-reactive ketones (excluding diaryl/α,β-unsaturated/α-hetero) is 1. The van der Waals surface area contributed by atoms with Crippen molar-refractivity contribution in [2.75, 3.05) is 20.3 Å². The molecule has 0 spiro atoms. The zero-order valence-corrected chi connectivity index (χ0v) is 15.2. The molecule has 26 heavy (non-hydrogen) atoms. The molecule has 0 saturated heterocycles. The van der Waals surface area contributed by atoms with Gasteiger partial charge < -0.3 is 9.47 Å². The first-order chi connectivity index (χ1) is 12.6. The topological polar surface area (TPSA) is 47.9 Å². The number of hydrogen-bond donors (Lipinski definition) is 0. The first-order valence-corrected chi connectivity index (χ1v) is 8.73. The Bertz CT molecular complexity index is 853. The lowest BCUT2D eigenvalue weighted by atomic mass is 9.92. The van der Waals surface area contributed by atoms with Crippen molar-refractivity contribution in [3.63, 3.8) is 0 Å². The number of carbonyl (C=O) groups is 1. The Morgan fingerprint density at radius 1 is 1.19 bits per heavy atom. The molecule has 4 nitrogen and oxygen atoms in total. The number of ether oxygens (including phenoxy) is 2. The Morgan fingerprint density at radius 3 is 2.65 bits per heavy atom. The third-order valence-electron chi connectivity index (χ3n) is 4.33. The van der Waals surface area contributed by atoms with Gasteiger partial charge in [0, 0.05) is 24.1 Å². The van der Waals surface area contributed by atoms with Crippen LogP contribution in [0.4, 0.5) is 0 Å². The zero-order valence-electron chi connectivity index (χ0n) is 15.2. The highest BCUT2D eigenvalue weighted by Crippen LogP contribution is 2.33. The van der Waals surface area contributed by atoms with E-state index in [1.165, 1.54) is 0 Å². The summed E-state index contributed by atoms with van der Waals surface area (Å²) in [5.74, 6) is 1.24. The van der Waals surface area contributed by atoms with Gasteiger partial charge in [-0.1, -0.05) is 35.9 Å². The number of methoxy groups -OCH3 is 1. The normalized spacial score (nSPS) is 12.8. The van der Waals surface area contributed by atoms with Crippen molar-refractivity contribution >= 4 is 11.5 Å². The van der Waals surface area contributed by atoms with Crippen LogP contribution in [0.15, 0.2) is 59.6 Å². The van der Waals surface area contributed by atoms with E-state index in [9.17, 15) is 4.79 Å². The highest BCUT2D eigenvalue weighted by atomic mass is 16.5. The number of benzene rings is 2. The van der Waals surface area contributed by atoms with Gasteiger partial charge in [-0.3, -0.25) is 9.79 Å². The molecule has 2 aromatic rings. The summed E-state index contributed by atoms with van der Waals surface area (Å²) in [5.41, 5.74) is 4.09. The smallest absolute Gasteiger partial charge is 0.211 e. The molecule has 3 rings (SSSR count). The molecule has 4 heteroatoms. The largest absolute Gasteiger partial charge is 0.493 e. The molecule has 0 fully saturated rings. The molecule has 1 aliphatic rings. The number of fused-ring (bicyclic) bond motifs is 1. The van der Waals surface area contributed by atoms with Crippen LogP contribution in [0, 0.1) is 0 Å². The average molecular weight is 349 g/mol. The second kappa shape index (κ2) is 8.00. The third-order valence-corrected chi connectivity index (χ3v) is 4.33. The number of nitrogens with zero attached hydrogens (tertiary/aromatic N) is 1. The number of hydrogen-bond acceptors (Lipinski definition) is 4. The van der Waals surface area contributed by atoms with Crippen LogP contribution >= 0.6 is 0 Å². The minimum atomic E-state index is -0.0652. The van der Waals surface area contributed by atoms with E-state index in [0.717, 1.165) is 29.5 Å². The van der Waals surface area contributed by atoms with Gasteiger partial charge in [0.25, 0.3) is 0 Å². The van der Waals surface area contributed by atoms with Gasteiger partial charge >= 0.3 is 0 Å². The van der Waals surface area contributed by atoms with E-state index >= 15 is 0 Å². The molecule has 0 unspecified atom stereocenters. The highest BCUT2D eigenvalue weighted by molar-refractivity contribution is 6.51. The molecule has 134 valence electrons. The predicted octanol–water partition coefficient (Wildman–Crippen LogP) is 4.27. The molecule has 0 amide bonds. The maximum absolute atomic E-state index is 12.9. The van der Waals surface area contributed by atoms with Gasteiger partial charge in [0.2, 0.25) is 5.78 Å². The van der Waals surface area contributed by atoms with Crippen molar-refractivity contribution in [2.24, 2.45) is 4.99 Å². The van der Waals surface area contributed by atoms with Crippen LogP contribution in [0.1, 0.15) is 34.8 Å². The van der Waals surface area contributed by atoms with Gasteiger partial charge in [0.05, 0.1) is 13.7 Å². The van der Waals surface area contributed by atoms with Crippen LogP contribution in [0.2, 0.25) is 0 Å². The van der Waals surface area contributed by atoms with Crippen molar-refractivity contribution in [3.05, 3.63) is 71.3 Å². The van der Waals surface area contributed by atoms with Gasteiger partial charge in [0.15, 0.2) is 11.5 Å². The zero-order chi connectivity index (χ0) is 18.5. The Labute approximate surface area is 154 Å². The summed E-state index contributed by atoms with van der Waals surface area (Å²) < 4.78 is 11.4. The summed E-state index contributed by atoms with van der Waals surface area (Å²) in [6.45, 7) is 7.02. The molecule has 0 aliphatic carbocycles. The molecule has 0 atom stereocenters. The van der Waals surface area contributed by atoms with E-state index in [-0.39, 0.29) is 5.78 Å². The molecule has 0 N–H and O–H groups in total. The van der Waals surface area contributed by atoms with Crippen LogP contribution in [0.3, 0.4) is 0 Å². The van der Waals surface area contributed by atoms with Gasteiger partial charge in [-0.25, -0.2) is 0 Å². The summed E-state index contributed by atoms with van der Waals surface area (Å²) in [4.78, 5) is 17.4. The van der Waals surface area contributed by atoms with Crippen LogP contribution in [0.5, 0.6) is 11.5 Å². The Morgan fingerprint density at radius 2 is 1.96 bits per heavy atom. The van der Waals surface area contributed by atoms with E-state index in [2.05, 4.69) is 11.6 Å². The number of carbonyl (C=O) groups excluding carboxylic acids is 1. The second-order valence-electron chi connectivity index (χ2n) is 6.39. The Kier molecular flexibility index (Phi) is 5.52. The highest BCUT2D eigenvalue weighted by Gasteiger charge is 2.24. The van der Waals surface area contributed by atoms with Crippen LogP contribution in [-0.2, 0) is 6.42 Å². The van der Waals surface area contributed by atoms with Crippen molar-refractivity contribution in [1.29, 1.82) is 0 Å². The summed E-state index contributed by atoms with van der Waals surface area (Å²) in [7, 11) is 1.60. The first-order valence-electron chi connectivity index (χ1n) is 8.73. The minimum absolute atomic E-state index is 0.0652. The Hall–Kier alpha value is -2.88. The first kappa shape index (κ1) is 17.9. The number of aliphatic imine (C=N–C) groups is 1. The molecule has 0 aromatic heterocycles. The molecule has 1 heterocycles. The van der Waals surface area contributed by atoms with E-state index < -0.39 is 0 Å². The van der Waals surface area contributed by atoms with E-state index in [4.69, 9.17) is 9.47 Å². The lowest BCUT2D eigenvalue weighted by Gasteiger charge is -2.20. The van der Waals surface area contributed by atoms with Crippen molar-refractivity contribution in [3.8, 4) is 11.5 Å². The fourth-order valence-corrected chi connectivity index (χ4v) is 2.93. The average Bonchev–Trinajstić information content (AvgIpc) is 2.66. The maximum atomic E-state index is 12.9. The predicted molar refractivity (Wildman–Crippen MR) is 104 cm³/mol. The fourth-order valence-electron chi connectivity index (χ4n) is 2.93. The molecule has 2 aromatic carbocycles. The number of ketones is 1. The van der Waals surface area contributed by atoms with Crippen molar-refractivity contribution in [2.45, 2.75) is 19.8 Å².